The van der Waals surface area contributed by atoms with Crippen LogP contribution in [0.15, 0.2) is 25.3 Å². The monoisotopic (exact) mass is 462 g/mol. The molecule has 33 heavy (non-hydrogen) atoms. The van der Waals surface area contributed by atoms with Crippen molar-refractivity contribution in [3.05, 3.63) is 25.3 Å². The van der Waals surface area contributed by atoms with Gasteiger partial charge in [-0.1, -0.05) is 51.7 Å². The Kier molecular flexibility index (Phi) is 16.1. The van der Waals surface area contributed by atoms with Gasteiger partial charge < -0.3 is 24.4 Å². The lowest BCUT2D eigenvalue weighted by Gasteiger charge is -2.25. The minimum Gasteiger partial charge on any atom is -0.396 e. The van der Waals surface area contributed by atoms with Crippen molar-refractivity contribution < 1.29 is 24.4 Å². The molecule has 2 heterocycles. The topological polar surface area (TPSA) is 68.2 Å². The third-order valence-electron chi connectivity index (χ3n) is 6.34. The Hall–Kier alpha value is -1.60. The lowest BCUT2D eigenvalue weighted by molar-refractivity contribution is -0.154. The molecule has 0 amide bonds. The number of ether oxygens (including phenoxy) is 3. The van der Waals surface area contributed by atoms with Crippen molar-refractivity contribution in [1.82, 2.24) is 0 Å². The summed E-state index contributed by atoms with van der Waals surface area (Å²) >= 11 is 0. The summed E-state index contributed by atoms with van der Waals surface area (Å²) in [5.74, 6) is 6.04. The zero-order valence-corrected chi connectivity index (χ0v) is 21.2. The molecule has 0 aromatic carbocycles. The zero-order chi connectivity index (χ0) is 25.3. The van der Waals surface area contributed by atoms with Gasteiger partial charge in [-0.05, 0) is 38.5 Å². The van der Waals surface area contributed by atoms with E-state index in [1.165, 1.54) is 0 Å². The third-order valence-corrected chi connectivity index (χ3v) is 6.34. The highest BCUT2D eigenvalue weighted by Crippen LogP contribution is 2.38. The Labute approximate surface area is 202 Å². The summed E-state index contributed by atoms with van der Waals surface area (Å²) in [6.07, 6.45) is 20.7. The predicted molar refractivity (Wildman–Crippen MR) is 135 cm³/mol. The first-order chi connectivity index (χ1) is 15.7. The minimum atomic E-state index is -0.666. The van der Waals surface area contributed by atoms with E-state index in [9.17, 15) is 5.11 Å². The summed E-state index contributed by atoms with van der Waals surface area (Å²) in [5, 5.41) is 17.3. The number of aliphatic hydroxyl groups excluding tert-OH is 2. The number of terminal acetylenes is 2. The molecule has 0 aromatic heterocycles. The molecule has 0 bridgehead atoms. The Bertz CT molecular complexity index is 633. The van der Waals surface area contributed by atoms with Crippen LogP contribution in [0.5, 0.6) is 0 Å². The standard InChI is InChI=1S/C14H22O2.C9H14O2.C5H10O/c1-5-8-9-10-15-13-11-12(4)14(6-2,7-3)16-13;1-4-9(5-2)7(3)6-8(10)11-9;1-2-3-4-5-6/h2,5,12-13H,1,7-11H2,3-4H3;1,7-8,10H,5-6H2,2-3H3;2,6H,1,3-5H2/t12-,13?,14+;7-,8?,9+;/m00./s1. The molecule has 2 rings (SSSR count). The van der Waals surface area contributed by atoms with Crippen molar-refractivity contribution in [1.29, 1.82) is 0 Å². The Morgan fingerprint density at radius 3 is 1.82 bits per heavy atom. The minimum absolute atomic E-state index is 0.129. The number of aliphatic hydroxyl groups is 2. The second-order valence-corrected chi connectivity index (χ2v) is 8.62. The number of unbranched alkanes of at least 4 members (excludes halogenated alkanes) is 2. The summed E-state index contributed by atoms with van der Waals surface area (Å²) < 4.78 is 16.8. The molecule has 2 aliphatic heterocycles. The van der Waals surface area contributed by atoms with Gasteiger partial charge in [-0.3, -0.25) is 0 Å². The molecule has 0 aliphatic carbocycles. The van der Waals surface area contributed by atoms with E-state index in [0.29, 0.717) is 18.9 Å². The Morgan fingerprint density at radius 2 is 1.48 bits per heavy atom. The zero-order valence-electron chi connectivity index (χ0n) is 21.2. The van der Waals surface area contributed by atoms with E-state index in [2.05, 4.69) is 38.8 Å². The summed E-state index contributed by atoms with van der Waals surface area (Å²) in [5.41, 5.74) is -0.928. The van der Waals surface area contributed by atoms with E-state index in [0.717, 1.165) is 44.9 Å². The second-order valence-electron chi connectivity index (χ2n) is 8.62. The molecular weight excluding hydrogens is 416 g/mol. The van der Waals surface area contributed by atoms with Crippen LogP contribution in [0.2, 0.25) is 0 Å². The lowest BCUT2D eigenvalue weighted by atomic mass is 9.87. The first-order valence-corrected chi connectivity index (χ1v) is 12.2. The number of allylic oxidation sites excluding steroid dienone is 2. The van der Waals surface area contributed by atoms with Gasteiger partial charge in [0, 0.05) is 31.3 Å². The second kappa shape index (κ2) is 16.9. The molecule has 0 aromatic rings. The molecule has 0 saturated carbocycles. The summed E-state index contributed by atoms with van der Waals surface area (Å²) in [6.45, 7) is 16.4. The van der Waals surface area contributed by atoms with Gasteiger partial charge >= 0.3 is 0 Å². The molecule has 0 radical (unpaired) electrons. The molecule has 0 spiro atoms. The van der Waals surface area contributed by atoms with Crippen LogP contribution in [0.3, 0.4) is 0 Å². The van der Waals surface area contributed by atoms with Gasteiger partial charge in [-0.15, -0.1) is 26.0 Å². The molecule has 2 unspecified atom stereocenters. The van der Waals surface area contributed by atoms with Gasteiger partial charge in [0.2, 0.25) is 0 Å². The van der Waals surface area contributed by atoms with Crippen molar-refractivity contribution in [2.75, 3.05) is 13.2 Å². The molecule has 2 N–H and O–H groups in total. The maximum Gasteiger partial charge on any atom is 0.160 e. The SMILES string of the molecule is C#C[C@]1(CC)OC(O)C[C@@H]1C.C#C[C@]1(CC)OC(OCCCC=C)C[C@@H]1C.C=CCCCO. The van der Waals surface area contributed by atoms with Crippen molar-refractivity contribution >= 4 is 0 Å². The molecule has 6 atom stereocenters. The maximum absolute atomic E-state index is 9.18. The molecule has 2 saturated heterocycles. The van der Waals surface area contributed by atoms with Crippen molar-refractivity contribution in [2.24, 2.45) is 11.8 Å². The fourth-order valence-corrected chi connectivity index (χ4v) is 3.98. The van der Waals surface area contributed by atoms with E-state index in [4.69, 9.17) is 32.2 Å². The van der Waals surface area contributed by atoms with Crippen LogP contribution in [-0.2, 0) is 14.2 Å². The maximum atomic E-state index is 9.18. The third kappa shape index (κ3) is 10.0. The fraction of sp³-hybridized carbons (Fsp3) is 0.714. The molecule has 188 valence electrons. The molecule has 5 nitrogen and oxygen atoms in total. The van der Waals surface area contributed by atoms with Crippen LogP contribution in [0.4, 0.5) is 0 Å². The smallest absolute Gasteiger partial charge is 0.160 e. The summed E-state index contributed by atoms with van der Waals surface area (Å²) in [7, 11) is 0. The highest BCUT2D eigenvalue weighted by molar-refractivity contribution is 5.13. The van der Waals surface area contributed by atoms with E-state index in [1.807, 2.05) is 19.9 Å². The van der Waals surface area contributed by atoms with Crippen molar-refractivity contribution in [3.8, 4) is 24.7 Å². The van der Waals surface area contributed by atoms with E-state index in [1.54, 1.807) is 6.08 Å². The van der Waals surface area contributed by atoms with Gasteiger partial charge in [-0.25, -0.2) is 0 Å². The fourth-order valence-electron chi connectivity index (χ4n) is 3.98. The lowest BCUT2D eigenvalue weighted by Crippen LogP contribution is -2.32. The van der Waals surface area contributed by atoms with Crippen LogP contribution >= 0.6 is 0 Å². The van der Waals surface area contributed by atoms with E-state index in [-0.39, 0.29) is 18.8 Å². The number of hydrogen-bond acceptors (Lipinski definition) is 5. The van der Waals surface area contributed by atoms with Gasteiger partial charge in [0.15, 0.2) is 12.6 Å². The predicted octanol–water partition coefficient (Wildman–Crippen LogP) is 5.22. The van der Waals surface area contributed by atoms with Gasteiger partial charge in [0.25, 0.3) is 0 Å². The van der Waals surface area contributed by atoms with Gasteiger partial charge in [-0.2, -0.15) is 0 Å². The van der Waals surface area contributed by atoms with Gasteiger partial charge in [0.05, 0.1) is 6.61 Å². The van der Waals surface area contributed by atoms with Crippen molar-refractivity contribution in [2.45, 2.75) is 103 Å². The van der Waals surface area contributed by atoms with Crippen LogP contribution in [0, 0.1) is 36.5 Å². The first kappa shape index (κ1) is 31.4. The summed E-state index contributed by atoms with van der Waals surface area (Å²) in [6, 6.07) is 0. The quantitative estimate of drug-likeness (QED) is 0.265. The van der Waals surface area contributed by atoms with Crippen LogP contribution in [-0.4, -0.2) is 47.2 Å². The Balaban J connectivity index is 0.000000520. The molecule has 2 fully saturated rings. The highest BCUT2D eigenvalue weighted by atomic mass is 16.7. The summed E-state index contributed by atoms with van der Waals surface area (Å²) in [4.78, 5) is 0. The first-order valence-electron chi connectivity index (χ1n) is 12.2. The largest absolute Gasteiger partial charge is 0.396 e. The van der Waals surface area contributed by atoms with Crippen LogP contribution in [0.25, 0.3) is 0 Å². The average Bonchev–Trinajstić information content (AvgIpc) is 3.30. The van der Waals surface area contributed by atoms with Crippen LogP contribution < -0.4 is 0 Å². The number of rotatable bonds is 10. The van der Waals surface area contributed by atoms with E-state index < -0.39 is 17.5 Å². The molecule has 2 aliphatic rings. The normalized spacial score (nSPS) is 32.4. The molecule has 5 heteroatoms. The van der Waals surface area contributed by atoms with Crippen LogP contribution in [0.1, 0.15) is 79.1 Å². The van der Waals surface area contributed by atoms with E-state index >= 15 is 0 Å². The Morgan fingerprint density at radius 1 is 0.970 bits per heavy atom. The van der Waals surface area contributed by atoms with Gasteiger partial charge in [0.1, 0.15) is 11.2 Å². The average molecular weight is 463 g/mol. The molecular formula is C28H46O5. The number of hydrogen-bond donors (Lipinski definition) is 2. The highest BCUT2D eigenvalue weighted by Gasteiger charge is 2.44. The van der Waals surface area contributed by atoms with Crippen molar-refractivity contribution in [3.63, 3.8) is 0 Å².